The number of nitrogens with one attached hydrogen (secondary N) is 1. The quantitative estimate of drug-likeness (QED) is 0.584. The summed E-state index contributed by atoms with van der Waals surface area (Å²) in [5.74, 6) is 2.05. The fourth-order valence-corrected chi connectivity index (χ4v) is 2.71. The maximum atomic E-state index is 3.62. The van der Waals surface area contributed by atoms with Crippen LogP contribution in [0.3, 0.4) is 0 Å². The normalized spacial score (nSPS) is 45.9. The topological polar surface area (TPSA) is 12.0 Å². The molecule has 1 saturated carbocycles. The maximum Gasteiger partial charge on any atom is 0.00985 e. The van der Waals surface area contributed by atoms with Gasteiger partial charge in [0.25, 0.3) is 0 Å². The van der Waals surface area contributed by atoms with Gasteiger partial charge in [0.05, 0.1) is 0 Å². The van der Waals surface area contributed by atoms with Crippen LogP contribution in [0.1, 0.15) is 32.6 Å². The van der Waals surface area contributed by atoms with E-state index >= 15 is 0 Å². The molecule has 0 aromatic heterocycles. The van der Waals surface area contributed by atoms with E-state index in [-0.39, 0.29) is 0 Å². The average Bonchev–Trinajstić information content (AvgIpc) is 2.44. The smallest absolute Gasteiger partial charge is 0.00985 e. The van der Waals surface area contributed by atoms with Crippen LogP contribution in [0, 0.1) is 11.8 Å². The summed E-state index contributed by atoms with van der Waals surface area (Å²) in [4.78, 5) is 0. The van der Waals surface area contributed by atoms with Crippen LogP contribution < -0.4 is 5.32 Å². The predicted octanol–water partition coefficient (Wildman–Crippen LogP) is 1.78. The van der Waals surface area contributed by atoms with Crippen molar-refractivity contribution in [2.75, 3.05) is 6.54 Å². The largest absolute Gasteiger partial charge is 0.313 e. The first-order valence-corrected chi connectivity index (χ1v) is 4.65. The molecule has 3 unspecified atom stereocenters. The number of rotatable bonds is 1. The van der Waals surface area contributed by atoms with E-state index in [1.807, 2.05) is 0 Å². The molecule has 2 fully saturated rings. The van der Waals surface area contributed by atoms with Crippen molar-refractivity contribution in [3.63, 3.8) is 0 Å². The van der Waals surface area contributed by atoms with Crippen LogP contribution in [-0.4, -0.2) is 12.6 Å². The van der Waals surface area contributed by atoms with Crippen LogP contribution in [0.5, 0.6) is 0 Å². The van der Waals surface area contributed by atoms with Crippen molar-refractivity contribution in [1.82, 2.24) is 5.32 Å². The first kappa shape index (κ1) is 6.66. The molecule has 0 amide bonds. The molecular formula is C9H17N. The summed E-state index contributed by atoms with van der Waals surface area (Å²) in [6, 6.07) is 0.907. The lowest BCUT2D eigenvalue weighted by Crippen LogP contribution is -2.21. The molecule has 1 aliphatic carbocycles. The van der Waals surface area contributed by atoms with Crippen molar-refractivity contribution in [2.24, 2.45) is 11.8 Å². The lowest BCUT2D eigenvalue weighted by Gasteiger charge is -2.13. The van der Waals surface area contributed by atoms with Gasteiger partial charge in [-0.3, -0.25) is 0 Å². The highest BCUT2D eigenvalue weighted by molar-refractivity contribution is 4.93. The zero-order valence-electron chi connectivity index (χ0n) is 6.77. The van der Waals surface area contributed by atoms with Crippen molar-refractivity contribution in [2.45, 2.75) is 38.6 Å². The first-order chi connectivity index (χ1) is 4.92. The van der Waals surface area contributed by atoms with E-state index in [0.717, 1.165) is 17.9 Å². The highest BCUT2D eigenvalue weighted by Crippen LogP contribution is 2.37. The van der Waals surface area contributed by atoms with Crippen molar-refractivity contribution < 1.29 is 0 Å². The molecule has 2 aliphatic rings. The van der Waals surface area contributed by atoms with Gasteiger partial charge in [-0.25, -0.2) is 0 Å². The second-order valence-corrected chi connectivity index (χ2v) is 3.78. The molecular weight excluding hydrogens is 122 g/mol. The first-order valence-electron chi connectivity index (χ1n) is 4.65. The minimum Gasteiger partial charge on any atom is -0.313 e. The molecule has 1 heteroatoms. The number of hydrogen-bond donors (Lipinski definition) is 1. The number of fused-ring (bicyclic) bond motifs is 1. The molecule has 0 bridgehead atoms. The summed E-state index contributed by atoms with van der Waals surface area (Å²) < 4.78 is 0. The molecule has 3 atom stereocenters. The van der Waals surface area contributed by atoms with Crippen LogP contribution in [0.25, 0.3) is 0 Å². The van der Waals surface area contributed by atoms with Gasteiger partial charge in [-0.15, -0.1) is 0 Å². The van der Waals surface area contributed by atoms with Gasteiger partial charge in [0.15, 0.2) is 0 Å². The van der Waals surface area contributed by atoms with Crippen LogP contribution >= 0.6 is 0 Å². The monoisotopic (exact) mass is 139 g/mol. The maximum absolute atomic E-state index is 3.62. The Hall–Kier alpha value is -0.0400. The second kappa shape index (κ2) is 2.54. The van der Waals surface area contributed by atoms with Gasteiger partial charge in [-0.2, -0.15) is 0 Å². The molecule has 1 heterocycles. The highest BCUT2D eigenvalue weighted by Gasteiger charge is 2.37. The van der Waals surface area contributed by atoms with Crippen molar-refractivity contribution >= 4 is 0 Å². The second-order valence-electron chi connectivity index (χ2n) is 3.78. The van der Waals surface area contributed by atoms with Crippen molar-refractivity contribution in [3.05, 3.63) is 0 Å². The van der Waals surface area contributed by atoms with E-state index in [4.69, 9.17) is 0 Å². The van der Waals surface area contributed by atoms with Gasteiger partial charge < -0.3 is 5.32 Å². The molecule has 1 saturated heterocycles. The van der Waals surface area contributed by atoms with E-state index in [1.54, 1.807) is 0 Å². The molecule has 0 aromatic rings. The fourth-order valence-electron chi connectivity index (χ4n) is 2.71. The molecule has 2 rings (SSSR count). The molecule has 1 aliphatic heterocycles. The summed E-state index contributed by atoms with van der Waals surface area (Å²) in [7, 11) is 0. The van der Waals surface area contributed by atoms with E-state index in [0.29, 0.717) is 0 Å². The molecule has 0 radical (unpaired) electrons. The molecule has 58 valence electrons. The summed E-state index contributed by atoms with van der Waals surface area (Å²) >= 11 is 0. The van der Waals surface area contributed by atoms with Crippen LogP contribution in [0.4, 0.5) is 0 Å². The van der Waals surface area contributed by atoms with Crippen LogP contribution in [0.15, 0.2) is 0 Å². The number of hydrogen-bond acceptors (Lipinski definition) is 1. The summed E-state index contributed by atoms with van der Waals surface area (Å²) in [5, 5.41) is 3.62. The van der Waals surface area contributed by atoms with E-state index in [1.165, 1.54) is 32.2 Å². The molecule has 1 nitrogen and oxygen atoms in total. The Kier molecular flexibility index (Phi) is 1.69. The third kappa shape index (κ3) is 0.878. The van der Waals surface area contributed by atoms with E-state index < -0.39 is 0 Å². The summed E-state index contributed by atoms with van der Waals surface area (Å²) in [6.07, 6.45) is 5.80. The Bertz CT molecular complexity index is 122. The Morgan fingerprint density at radius 3 is 3.10 bits per heavy atom. The van der Waals surface area contributed by atoms with Crippen LogP contribution in [0.2, 0.25) is 0 Å². The molecule has 1 N–H and O–H groups in total. The Balaban J connectivity index is 2.01. The van der Waals surface area contributed by atoms with Gasteiger partial charge in [0.2, 0.25) is 0 Å². The van der Waals surface area contributed by atoms with Crippen LogP contribution in [-0.2, 0) is 0 Å². The zero-order chi connectivity index (χ0) is 6.97. The third-order valence-electron chi connectivity index (χ3n) is 3.34. The SMILES string of the molecule is CCC1CNC2CCCC12. The summed E-state index contributed by atoms with van der Waals surface area (Å²) in [6.45, 7) is 3.62. The highest BCUT2D eigenvalue weighted by atomic mass is 15.0. The zero-order valence-corrected chi connectivity index (χ0v) is 6.77. The van der Waals surface area contributed by atoms with Gasteiger partial charge >= 0.3 is 0 Å². The lowest BCUT2D eigenvalue weighted by atomic mass is 9.91. The minimum absolute atomic E-state index is 0.907. The van der Waals surface area contributed by atoms with E-state index in [2.05, 4.69) is 12.2 Å². The average molecular weight is 139 g/mol. The minimum atomic E-state index is 0.907. The van der Waals surface area contributed by atoms with Gasteiger partial charge in [-0.1, -0.05) is 19.8 Å². The predicted molar refractivity (Wildman–Crippen MR) is 42.9 cm³/mol. The lowest BCUT2D eigenvalue weighted by molar-refractivity contribution is 0.388. The van der Waals surface area contributed by atoms with Crippen molar-refractivity contribution in [1.29, 1.82) is 0 Å². The standard InChI is InChI=1S/C9H17N/c1-2-7-6-10-9-5-3-4-8(7)9/h7-10H,2-6H2,1H3. The molecule has 0 spiro atoms. The van der Waals surface area contributed by atoms with Gasteiger partial charge in [-0.05, 0) is 31.2 Å². The van der Waals surface area contributed by atoms with Crippen molar-refractivity contribution in [3.8, 4) is 0 Å². The van der Waals surface area contributed by atoms with Gasteiger partial charge in [0.1, 0.15) is 0 Å². The van der Waals surface area contributed by atoms with Gasteiger partial charge in [0, 0.05) is 6.04 Å². The Labute approximate surface area is 63.2 Å². The summed E-state index contributed by atoms with van der Waals surface area (Å²) in [5.41, 5.74) is 0. The molecule has 10 heavy (non-hydrogen) atoms. The fraction of sp³-hybridized carbons (Fsp3) is 1.00. The Morgan fingerprint density at radius 1 is 1.40 bits per heavy atom. The molecule has 0 aromatic carbocycles. The third-order valence-corrected chi connectivity index (χ3v) is 3.34. The van der Waals surface area contributed by atoms with E-state index in [9.17, 15) is 0 Å². The Morgan fingerprint density at radius 2 is 2.30 bits per heavy atom.